The fraction of sp³-hybridized carbons (Fsp3) is 0.227. The average molecular weight is 398 g/mol. The molecular formula is C22H21Cl2N3. The van der Waals surface area contributed by atoms with E-state index in [0.717, 1.165) is 31.7 Å². The zero-order valence-corrected chi connectivity index (χ0v) is 16.4. The van der Waals surface area contributed by atoms with Crippen LogP contribution in [0.25, 0.3) is 0 Å². The SMILES string of the molecule is Clc1ccc(C2N(Cc3ccccc3)CCN2Cc2ccccc2)c(Cl)n1. The normalized spacial score (nSPS) is 16.1. The van der Waals surface area contributed by atoms with Crippen molar-refractivity contribution in [2.24, 2.45) is 0 Å². The number of hydrogen-bond donors (Lipinski definition) is 0. The first-order valence-corrected chi connectivity index (χ1v) is 9.84. The van der Waals surface area contributed by atoms with Crippen LogP contribution in [0.4, 0.5) is 0 Å². The number of pyridine rings is 1. The Bertz CT molecular complexity index is 837. The van der Waals surface area contributed by atoms with Gasteiger partial charge < -0.3 is 0 Å². The molecule has 0 amide bonds. The molecule has 2 aromatic carbocycles. The van der Waals surface area contributed by atoms with Crippen LogP contribution in [0.2, 0.25) is 10.3 Å². The summed E-state index contributed by atoms with van der Waals surface area (Å²) in [6, 6.07) is 24.9. The summed E-state index contributed by atoms with van der Waals surface area (Å²) in [7, 11) is 0. The van der Waals surface area contributed by atoms with Crippen LogP contribution in [0.5, 0.6) is 0 Å². The van der Waals surface area contributed by atoms with E-state index in [1.165, 1.54) is 11.1 Å². The van der Waals surface area contributed by atoms with E-state index in [0.29, 0.717) is 10.3 Å². The number of halogens is 2. The van der Waals surface area contributed by atoms with Crippen molar-refractivity contribution in [1.82, 2.24) is 14.8 Å². The molecule has 1 aliphatic heterocycles. The highest BCUT2D eigenvalue weighted by Crippen LogP contribution is 2.36. The number of aromatic nitrogens is 1. The minimum Gasteiger partial charge on any atom is -0.278 e. The number of hydrogen-bond acceptors (Lipinski definition) is 3. The first-order valence-electron chi connectivity index (χ1n) is 9.08. The maximum Gasteiger partial charge on any atom is 0.136 e. The third kappa shape index (κ3) is 4.33. The van der Waals surface area contributed by atoms with E-state index in [1.807, 2.05) is 24.3 Å². The van der Waals surface area contributed by atoms with Crippen molar-refractivity contribution in [3.05, 3.63) is 99.8 Å². The Morgan fingerprint density at radius 3 is 1.74 bits per heavy atom. The van der Waals surface area contributed by atoms with Crippen LogP contribution in [-0.2, 0) is 13.1 Å². The highest BCUT2D eigenvalue weighted by molar-refractivity contribution is 6.32. The van der Waals surface area contributed by atoms with Crippen LogP contribution in [-0.4, -0.2) is 27.9 Å². The molecule has 0 saturated carbocycles. The van der Waals surface area contributed by atoms with Crippen molar-refractivity contribution in [2.75, 3.05) is 13.1 Å². The smallest absolute Gasteiger partial charge is 0.136 e. The van der Waals surface area contributed by atoms with Gasteiger partial charge in [0.15, 0.2) is 0 Å². The second-order valence-corrected chi connectivity index (χ2v) is 7.55. The topological polar surface area (TPSA) is 19.4 Å². The standard InChI is InChI=1S/C22H21Cl2N3/c23-20-12-11-19(21(24)25-20)22-26(15-17-7-3-1-4-8-17)13-14-27(22)16-18-9-5-2-6-10-18/h1-12,22H,13-16H2. The van der Waals surface area contributed by atoms with Crippen molar-refractivity contribution in [1.29, 1.82) is 0 Å². The highest BCUT2D eigenvalue weighted by atomic mass is 35.5. The molecule has 2 heterocycles. The predicted octanol–water partition coefficient (Wildman–Crippen LogP) is 5.41. The second kappa shape index (κ2) is 8.41. The summed E-state index contributed by atoms with van der Waals surface area (Å²) in [5.74, 6) is 0. The van der Waals surface area contributed by atoms with E-state index in [1.54, 1.807) is 0 Å². The third-order valence-corrected chi connectivity index (χ3v) is 5.46. The summed E-state index contributed by atoms with van der Waals surface area (Å²) in [6.07, 6.45) is 0.0719. The largest absolute Gasteiger partial charge is 0.278 e. The lowest BCUT2D eigenvalue weighted by atomic mass is 10.1. The van der Waals surface area contributed by atoms with Gasteiger partial charge in [-0.25, -0.2) is 4.98 Å². The van der Waals surface area contributed by atoms with Gasteiger partial charge in [-0.15, -0.1) is 0 Å². The first-order chi connectivity index (χ1) is 13.2. The fourth-order valence-corrected chi connectivity index (χ4v) is 4.15. The Morgan fingerprint density at radius 2 is 1.26 bits per heavy atom. The zero-order valence-electron chi connectivity index (χ0n) is 14.9. The summed E-state index contributed by atoms with van der Waals surface area (Å²) in [5, 5.41) is 0.900. The van der Waals surface area contributed by atoms with Crippen molar-refractivity contribution in [2.45, 2.75) is 19.3 Å². The quantitative estimate of drug-likeness (QED) is 0.536. The minimum absolute atomic E-state index is 0.0719. The first kappa shape index (κ1) is 18.5. The molecule has 0 radical (unpaired) electrons. The van der Waals surface area contributed by atoms with Gasteiger partial charge in [-0.1, -0.05) is 83.9 Å². The predicted molar refractivity (Wildman–Crippen MR) is 111 cm³/mol. The molecule has 4 rings (SSSR count). The summed E-state index contributed by atoms with van der Waals surface area (Å²) < 4.78 is 0. The maximum absolute atomic E-state index is 6.50. The Labute approximate surface area is 170 Å². The van der Waals surface area contributed by atoms with Gasteiger partial charge in [0.2, 0.25) is 0 Å². The molecule has 27 heavy (non-hydrogen) atoms. The maximum atomic E-state index is 6.50. The van der Waals surface area contributed by atoms with Gasteiger partial charge in [0, 0.05) is 31.7 Å². The van der Waals surface area contributed by atoms with Crippen molar-refractivity contribution >= 4 is 23.2 Å². The van der Waals surface area contributed by atoms with Gasteiger partial charge >= 0.3 is 0 Å². The van der Waals surface area contributed by atoms with Crippen molar-refractivity contribution < 1.29 is 0 Å². The third-order valence-electron chi connectivity index (χ3n) is 4.94. The van der Waals surface area contributed by atoms with Crippen LogP contribution >= 0.6 is 23.2 Å². The van der Waals surface area contributed by atoms with E-state index in [2.05, 4.69) is 63.3 Å². The second-order valence-electron chi connectivity index (χ2n) is 6.80. The average Bonchev–Trinajstić information content (AvgIpc) is 3.05. The molecule has 138 valence electrons. The molecule has 0 N–H and O–H groups in total. The number of nitrogens with zero attached hydrogens (tertiary/aromatic N) is 3. The molecule has 3 nitrogen and oxygen atoms in total. The molecule has 5 heteroatoms. The van der Waals surface area contributed by atoms with Crippen molar-refractivity contribution in [3.63, 3.8) is 0 Å². The van der Waals surface area contributed by atoms with Crippen LogP contribution in [0, 0.1) is 0 Å². The molecule has 1 aromatic heterocycles. The number of rotatable bonds is 5. The lowest BCUT2D eigenvalue weighted by Gasteiger charge is -2.31. The molecule has 0 bridgehead atoms. The summed E-state index contributed by atoms with van der Waals surface area (Å²) in [5.41, 5.74) is 3.59. The van der Waals surface area contributed by atoms with E-state index in [9.17, 15) is 0 Å². The Hall–Kier alpha value is -1.91. The molecule has 1 fully saturated rings. The Morgan fingerprint density at radius 1 is 0.741 bits per heavy atom. The monoisotopic (exact) mass is 397 g/mol. The van der Waals surface area contributed by atoms with E-state index in [-0.39, 0.29) is 6.17 Å². The summed E-state index contributed by atoms with van der Waals surface area (Å²) in [6.45, 7) is 3.70. The van der Waals surface area contributed by atoms with Gasteiger partial charge in [0.25, 0.3) is 0 Å². The molecular weight excluding hydrogens is 377 g/mol. The van der Waals surface area contributed by atoms with E-state index < -0.39 is 0 Å². The fourth-order valence-electron chi connectivity index (χ4n) is 3.71. The van der Waals surface area contributed by atoms with Crippen LogP contribution < -0.4 is 0 Å². The lowest BCUT2D eigenvalue weighted by molar-refractivity contribution is 0.125. The van der Waals surface area contributed by atoms with Crippen LogP contribution in [0.15, 0.2) is 72.8 Å². The van der Waals surface area contributed by atoms with Gasteiger partial charge in [0.1, 0.15) is 10.3 Å². The zero-order chi connectivity index (χ0) is 18.6. The summed E-state index contributed by atoms with van der Waals surface area (Å²) in [4.78, 5) is 9.19. The highest BCUT2D eigenvalue weighted by Gasteiger charge is 2.34. The minimum atomic E-state index is 0.0719. The van der Waals surface area contributed by atoms with Crippen LogP contribution in [0.3, 0.4) is 0 Å². The molecule has 0 atom stereocenters. The molecule has 1 aliphatic rings. The molecule has 0 aliphatic carbocycles. The lowest BCUT2D eigenvalue weighted by Crippen LogP contribution is -2.31. The molecule has 0 unspecified atom stereocenters. The Balaban J connectivity index is 1.64. The van der Waals surface area contributed by atoms with Crippen LogP contribution in [0.1, 0.15) is 22.9 Å². The summed E-state index contributed by atoms with van der Waals surface area (Å²) >= 11 is 12.5. The molecule has 0 spiro atoms. The molecule has 1 saturated heterocycles. The molecule has 3 aromatic rings. The number of benzene rings is 2. The van der Waals surface area contributed by atoms with Gasteiger partial charge in [-0.05, 0) is 23.3 Å². The Kier molecular flexibility index (Phi) is 5.74. The van der Waals surface area contributed by atoms with E-state index in [4.69, 9.17) is 23.2 Å². The van der Waals surface area contributed by atoms with E-state index >= 15 is 0 Å². The van der Waals surface area contributed by atoms with Gasteiger partial charge in [0.05, 0.1) is 6.17 Å². The van der Waals surface area contributed by atoms with Crippen molar-refractivity contribution in [3.8, 4) is 0 Å². The van der Waals surface area contributed by atoms with Gasteiger partial charge in [-0.3, -0.25) is 9.80 Å². The van der Waals surface area contributed by atoms with Gasteiger partial charge in [-0.2, -0.15) is 0 Å².